The lowest BCUT2D eigenvalue weighted by atomic mass is 10.2. The number of cyclic esters (lactones) is 1. The van der Waals surface area contributed by atoms with Crippen LogP contribution in [-0.4, -0.2) is 25.3 Å². The molecular weight excluding hydrogens is 212 g/mol. The topological polar surface area (TPSA) is 61.8 Å². The average Bonchev–Trinajstić information content (AvgIpc) is 2.25. The van der Waals surface area contributed by atoms with Crippen molar-refractivity contribution in [2.75, 3.05) is 7.11 Å². The van der Waals surface area contributed by atoms with E-state index in [2.05, 4.69) is 0 Å². The molecule has 0 spiro atoms. The number of carbonyl (C=O) groups is 2. The van der Waals surface area contributed by atoms with Gasteiger partial charge >= 0.3 is 11.9 Å². The van der Waals surface area contributed by atoms with E-state index >= 15 is 0 Å². The Kier molecular flexibility index (Phi) is 4.82. The highest BCUT2D eigenvalue weighted by atomic mass is 16.7. The number of unbranched alkanes of at least 4 members (excludes halogenated alkanes) is 1. The average molecular weight is 228 g/mol. The monoisotopic (exact) mass is 228 g/mol. The lowest BCUT2D eigenvalue weighted by Gasteiger charge is -2.21. The molecule has 0 saturated heterocycles. The Bertz CT molecular complexity index is 295. The van der Waals surface area contributed by atoms with Crippen LogP contribution in [0.25, 0.3) is 0 Å². The highest BCUT2D eigenvalue weighted by molar-refractivity contribution is 5.83. The molecule has 0 amide bonds. The number of esters is 2. The fraction of sp³-hybridized carbons (Fsp3) is 0.636. The second kappa shape index (κ2) is 6.15. The number of ether oxygens (including phenoxy) is 3. The highest BCUT2D eigenvalue weighted by Gasteiger charge is 2.25. The van der Waals surface area contributed by atoms with E-state index in [0.717, 1.165) is 12.8 Å². The lowest BCUT2D eigenvalue weighted by Crippen LogP contribution is -2.28. The third kappa shape index (κ3) is 3.92. The van der Waals surface area contributed by atoms with Gasteiger partial charge in [-0.2, -0.15) is 0 Å². The molecule has 0 aromatic rings. The van der Waals surface area contributed by atoms with Crippen LogP contribution in [0.3, 0.4) is 0 Å². The largest absolute Gasteiger partial charge is 0.501 e. The molecule has 5 nitrogen and oxygen atoms in total. The number of hydrogen-bond acceptors (Lipinski definition) is 5. The smallest absolute Gasteiger partial charge is 0.337 e. The summed E-state index contributed by atoms with van der Waals surface area (Å²) in [6.45, 7) is 1.99. The van der Waals surface area contributed by atoms with Crippen molar-refractivity contribution in [1.82, 2.24) is 0 Å². The number of carbonyl (C=O) groups excluding carboxylic acids is 2. The first kappa shape index (κ1) is 12.5. The third-order valence-electron chi connectivity index (χ3n) is 2.15. The van der Waals surface area contributed by atoms with Gasteiger partial charge in [-0.1, -0.05) is 13.3 Å². The Labute approximate surface area is 94.4 Å². The molecule has 0 aromatic carbocycles. The molecule has 0 radical (unpaired) electrons. The molecule has 1 aliphatic rings. The predicted molar refractivity (Wildman–Crippen MR) is 55.2 cm³/mol. The molecule has 16 heavy (non-hydrogen) atoms. The van der Waals surface area contributed by atoms with E-state index in [1.54, 1.807) is 0 Å². The minimum Gasteiger partial charge on any atom is -0.501 e. The van der Waals surface area contributed by atoms with Crippen LogP contribution in [0.4, 0.5) is 0 Å². The molecule has 0 aliphatic carbocycles. The van der Waals surface area contributed by atoms with Gasteiger partial charge in [-0.05, 0) is 6.42 Å². The fourth-order valence-corrected chi connectivity index (χ4v) is 1.29. The zero-order valence-electron chi connectivity index (χ0n) is 9.52. The Morgan fingerprint density at radius 2 is 2.38 bits per heavy atom. The maximum atomic E-state index is 11.3. The van der Waals surface area contributed by atoms with Crippen LogP contribution >= 0.6 is 0 Å². The summed E-state index contributed by atoms with van der Waals surface area (Å²) >= 11 is 0. The quantitative estimate of drug-likeness (QED) is 0.668. The Morgan fingerprint density at radius 1 is 1.62 bits per heavy atom. The van der Waals surface area contributed by atoms with E-state index in [1.165, 1.54) is 13.2 Å². The van der Waals surface area contributed by atoms with E-state index in [1.807, 2.05) is 6.92 Å². The van der Waals surface area contributed by atoms with Crippen LogP contribution in [-0.2, 0) is 23.8 Å². The molecule has 0 aromatic heterocycles. The zero-order valence-corrected chi connectivity index (χ0v) is 9.52. The third-order valence-corrected chi connectivity index (χ3v) is 2.15. The summed E-state index contributed by atoms with van der Waals surface area (Å²) in [5.41, 5.74) is 0. The minimum absolute atomic E-state index is 0.278. The van der Waals surface area contributed by atoms with Crippen molar-refractivity contribution in [3.63, 3.8) is 0 Å². The normalized spacial score (nSPS) is 19.8. The van der Waals surface area contributed by atoms with Crippen LogP contribution < -0.4 is 0 Å². The Hall–Kier alpha value is -1.52. The Balaban J connectivity index is 2.41. The second-order valence-electron chi connectivity index (χ2n) is 3.48. The van der Waals surface area contributed by atoms with Crippen LogP contribution in [0, 0.1) is 0 Å². The molecule has 0 bridgehead atoms. The van der Waals surface area contributed by atoms with Crippen molar-refractivity contribution in [3.8, 4) is 0 Å². The maximum Gasteiger partial charge on any atom is 0.337 e. The molecule has 1 aliphatic heterocycles. The number of methoxy groups -OCH3 is 1. The second-order valence-corrected chi connectivity index (χ2v) is 3.48. The van der Waals surface area contributed by atoms with E-state index in [9.17, 15) is 9.59 Å². The van der Waals surface area contributed by atoms with Gasteiger partial charge in [0, 0.05) is 6.42 Å². The summed E-state index contributed by atoms with van der Waals surface area (Å²) in [5.74, 6) is -0.432. The van der Waals surface area contributed by atoms with E-state index in [4.69, 9.17) is 14.2 Å². The van der Waals surface area contributed by atoms with Crippen molar-refractivity contribution in [2.24, 2.45) is 0 Å². The summed E-state index contributed by atoms with van der Waals surface area (Å²) in [5, 5.41) is 0. The van der Waals surface area contributed by atoms with Gasteiger partial charge in [-0.3, -0.25) is 4.79 Å². The number of hydrogen-bond donors (Lipinski definition) is 0. The molecule has 0 N–H and O–H groups in total. The first-order valence-corrected chi connectivity index (χ1v) is 5.30. The van der Waals surface area contributed by atoms with Crippen LogP contribution in [0.1, 0.15) is 32.6 Å². The van der Waals surface area contributed by atoms with Gasteiger partial charge in [0.2, 0.25) is 0 Å². The van der Waals surface area contributed by atoms with Gasteiger partial charge < -0.3 is 14.2 Å². The SMILES string of the molecule is CCCCC(=O)OC1CC(OC)=CC(=O)O1. The van der Waals surface area contributed by atoms with Crippen molar-refractivity contribution in [1.29, 1.82) is 0 Å². The van der Waals surface area contributed by atoms with Crippen molar-refractivity contribution >= 4 is 11.9 Å². The molecule has 1 rings (SSSR count). The summed E-state index contributed by atoms with van der Waals surface area (Å²) < 4.78 is 14.7. The van der Waals surface area contributed by atoms with Crippen molar-refractivity contribution < 1.29 is 23.8 Å². The van der Waals surface area contributed by atoms with Gasteiger partial charge in [0.15, 0.2) is 0 Å². The first-order chi connectivity index (χ1) is 7.65. The molecule has 90 valence electrons. The molecule has 1 unspecified atom stereocenters. The minimum atomic E-state index is -0.850. The predicted octanol–water partition coefficient (Wildman–Crippen LogP) is 1.52. The van der Waals surface area contributed by atoms with Crippen molar-refractivity contribution in [2.45, 2.75) is 38.9 Å². The zero-order chi connectivity index (χ0) is 12.0. The van der Waals surface area contributed by atoms with Crippen molar-refractivity contribution in [3.05, 3.63) is 11.8 Å². The lowest BCUT2D eigenvalue weighted by molar-refractivity contribution is -0.187. The molecule has 1 heterocycles. The molecule has 0 fully saturated rings. The fourth-order valence-electron chi connectivity index (χ4n) is 1.29. The maximum absolute atomic E-state index is 11.3. The van der Waals surface area contributed by atoms with Crippen LogP contribution in [0.5, 0.6) is 0 Å². The first-order valence-electron chi connectivity index (χ1n) is 5.30. The summed E-state index contributed by atoms with van der Waals surface area (Å²) in [7, 11) is 1.46. The molecule has 0 saturated carbocycles. The van der Waals surface area contributed by atoms with E-state index in [-0.39, 0.29) is 12.4 Å². The summed E-state index contributed by atoms with van der Waals surface area (Å²) in [6, 6.07) is 0. The molecule has 5 heteroatoms. The van der Waals surface area contributed by atoms with Gasteiger partial charge in [-0.25, -0.2) is 4.79 Å². The van der Waals surface area contributed by atoms with E-state index < -0.39 is 12.3 Å². The highest BCUT2D eigenvalue weighted by Crippen LogP contribution is 2.17. The summed E-state index contributed by atoms with van der Waals surface area (Å²) in [6.07, 6.45) is 2.71. The van der Waals surface area contributed by atoms with Gasteiger partial charge in [-0.15, -0.1) is 0 Å². The molecular formula is C11H16O5. The van der Waals surface area contributed by atoms with Gasteiger partial charge in [0.1, 0.15) is 5.76 Å². The standard InChI is InChI=1S/C11H16O5/c1-3-4-5-9(12)15-11-7-8(14-2)6-10(13)16-11/h6,11H,3-5,7H2,1-2H3. The van der Waals surface area contributed by atoms with Gasteiger partial charge in [0.05, 0.1) is 19.6 Å². The van der Waals surface area contributed by atoms with Crippen LogP contribution in [0.2, 0.25) is 0 Å². The molecule has 1 atom stereocenters. The number of rotatable bonds is 5. The van der Waals surface area contributed by atoms with Crippen LogP contribution in [0.15, 0.2) is 11.8 Å². The van der Waals surface area contributed by atoms with E-state index in [0.29, 0.717) is 12.2 Å². The Morgan fingerprint density at radius 3 is 3.00 bits per heavy atom. The van der Waals surface area contributed by atoms with Gasteiger partial charge in [0.25, 0.3) is 6.29 Å². The summed E-state index contributed by atoms with van der Waals surface area (Å²) in [4.78, 5) is 22.4.